The van der Waals surface area contributed by atoms with Crippen LogP contribution in [0.3, 0.4) is 0 Å². The van der Waals surface area contributed by atoms with Gasteiger partial charge in [0.05, 0.1) is 33.6 Å². The summed E-state index contributed by atoms with van der Waals surface area (Å²) in [6.45, 7) is 6.28. The molecule has 1 N–H and O–H groups in total. The molecular formula is C24H23Cl2NO4. The van der Waals surface area contributed by atoms with E-state index in [2.05, 4.69) is 0 Å². The predicted octanol–water partition coefficient (Wildman–Crippen LogP) is 5.97. The number of carbonyl (C=O) groups is 1. The van der Waals surface area contributed by atoms with Crippen molar-refractivity contribution >= 4 is 29.2 Å². The van der Waals surface area contributed by atoms with Crippen LogP contribution in [0.25, 0.3) is 22.4 Å². The number of carboxylic acid groups (broad SMARTS) is 1. The van der Waals surface area contributed by atoms with Gasteiger partial charge in [0.25, 0.3) is 0 Å². The van der Waals surface area contributed by atoms with E-state index < -0.39 is 11.4 Å². The maximum absolute atomic E-state index is 13.7. The molecule has 0 fully saturated rings. The van der Waals surface area contributed by atoms with Crippen molar-refractivity contribution in [3.8, 4) is 22.4 Å². The van der Waals surface area contributed by atoms with Crippen molar-refractivity contribution in [1.82, 2.24) is 4.57 Å². The molecule has 0 unspecified atom stereocenters. The maximum Gasteiger partial charge on any atom is 0.341 e. The van der Waals surface area contributed by atoms with Gasteiger partial charge in [0.15, 0.2) is 0 Å². The fraction of sp³-hybridized carbons (Fsp3) is 0.250. The highest BCUT2D eigenvalue weighted by atomic mass is 35.5. The van der Waals surface area contributed by atoms with Gasteiger partial charge in [-0.3, -0.25) is 4.79 Å². The number of aromatic carboxylic acids is 1. The standard InChI is InChI=1S/C24H23Cl2NO4/c1-5-27-19(12-31-4)20(16-10-13(2)6-7-14(16)3)23(28)21(24(29)30)22(27)15-8-9-17(25)18(26)11-15/h6-11H,5,12H2,1-4H3,(H,29,30). The van der Waals surface area contributed by atoms with E-state index in [1.54, 1.807) is 25.3 Å². The van der Waals surface area contributed by atoms with E-state index in [1.165, 1.54) is 0 Å². The average Bonchev–Trinajstić information content (AvgIpc) is 2.72. The molecule has 3 aromatic rings. The topological polar surface area (TPSA) is 68.5 Å². The number of benzene rings is 2. The number of pyridine rings is 1. The largest absolute Gasteiger partial charge is 0.477 e. The number of aromatic nitrogens is 1. The lowest BCUT2D eigenvalue weighted by Gasteiger charge is -2.23. The summed E-state index contributed by atoms with van der Waals surface area (Å²) < 4.78 is 7.25. The Bertz CT molecular complexity index is 1230. The minimum absolute atomic E-state index is 0.139. The van der Waals surface area contributed by atoms with Gasteiger partial charge in [-0.25, -0.2) is 4.79 Å². The van der Waals surface area contributed by atoms with Crippen LogP contribution in [0.1, 0.15) is 34.1 Å². The summed E-state index contributed by atoms with van der Waals surface area (Å²) in [5.74, 6) is -1.30. The molecule has 0 atom stereocenters. The van der Waals surface area contributed by atoms with Crippen molar-refractivity contribution in [2.75, 3.05) is 7.11 Å². The molecule has 0 aliphatic carbocycles. The third-order valence-electron chi connectivity index (χ3n) is 5.24. The van der Waals surface area contributed by atoms with Crippen LogP contribution >= 0.6 is 23.2 Å². The zero-order valence-corrected chi connectivity index (χ0v) is 19.3. The van der Waals surface area contributed by atoms with Crippen molar-refractivity contribution in [3.63, 3.8) is 0 Å². The fourth-order valence-corrected chi connectivity index (χ4v) is 4.13. The quantitative estimate of drug-likeness (QED) is 0.492. The smallest absolute Gasteiger partial charge is 0.341 e. The van der Waals surface area contributed by atoms with E-state index in [1.807, 2.05) is 43.5 Å². The number of rotatable bonds is 6. The summed E-state index contributed by atoms with van der Waals surface area (Å²) in [5.41, 5.74) is 3.40. The lowest BCUT2D eigenvalue weighted by molar-refractivity contribution is 0.0695. The van der Waals surface area contributed by atoms with Gasteiger partial charge in [0.2, 0.25) is 5.43 Å². The van der Waals surface area contributed by atoms with Crippen LogP contribution in [0.2, 0.25) is 10.0 Å². The van der Waals surface area contributed by atoms with Crippen molar-refractivity contribution in [3.05, 3.63) is 79.1 Å². The zero-order chi connectivity index (χ0) is 22.9. The van der Waals surface area contributed by atoms with Crippen LogP contribution in [-0.4, -0.2) is 22.8 Å². The molecule has 1 aromatic heterocycles. The van der Waals surface area contributed by atoms with Crippen molar-refractivity contribution in [2.24, 2.45) is 0 Å². The number of halogens is 2. The van der Waals surface area contributed by atoms with Crippen LogP contribution < -0.4 is 5.43 Å². The normalized spacial score (nSPS) is 11.0. The second kappa shape index (κ2) is 9.27. The molecule has 0 saturated heterocycles. The Morgan fingerprint density at radius 1 is 1.10 bits per heavy atom. The van der Waals surface area contributed by atoms with Gasteiger partial charge in [-0.15, -0.1) is 0 Å². The van der Waals surface area contributed by atoms with Crippen molar-refractivity contribution in [1.29, 1.82) is 0 Å². The number of aryl methyl sites for hydroxylation is 2. The Hall–Kier alpha value is -2.60. The molecule has 31 heavy (non-hydrogen) atoms. The van der Waals surface area contributed by atoms with Gasteiger partial charge in [0, 0.05) is 19.2 Å². The van der Waals surface area contributed by atoms with Gasteiger partial charge < -0.3 is 14.4 Å². The summed E-state index contributed by atoms with van der Waals surface area (Å²) >= 11 is 12.3. The third kappa shape index (κ3) is 4.26. The lowest BCUT2D eigenvalue weighted by atomic mass is 9.92. The van der Waals surface area contributed by atoms with Gasteiger partial charge in [-0.05, 0) is 44.0 Å². The second-order valence-corrected chi connectivity index (χ2v) is 8.12. The monoisotopic (exact) mass is 459 g/mol. The molecule has 0 bridgehead atoms. The number of methoxy groups -OCH3 is 1. The van der Waals surface area contributed by atoms with Crippen LogP contribution in [-0.2, 0) is 17.9 Å². The average molecular weight is 460 g/mol. The Kier molecular flexibility index (Phi) is 6.90. The zero-order valence-electron chi connectivity index (χ0n) is 17.8. The van der Waals surface area contributed by atoms with Crippen LogP contribution in [0, 0.1) is 13.8 Å². The molecular weight excluding hydrogens is 437 g/mol. The van der Waals surface area contributed by atoms with Gasteiger partial charge in [-0.1, -0.05) is 53.0 Å². The summed E-state index contributed by atoms with van der Waals surface area (Å²) in [4.78, 5) is 26.0. The molecule has 0 radical (unpaired) electrons. The number of hydrogen-bond acceptors (Lipinski definition) is 3. The number of ether oxygens (including phenoxy) is 1. The lowest BCUT2D eigenvalue weighted by Crippen LogP contribution is -2.27. The van der Waals surface area contributed by atoms with E-state index in [0.717, 1.165) is 11.1 Å². The molecule has 5 nitrogen and oxygen atoms in total. The molecule has 7 heteroatoms. The second-order valence-electron chi connectivity index (χ2n) is 7.30. The summed E-state index contributed by atoms with van der Waals surface area (Å²) in [6.07, 6.45) is 0. The van der Waals surface area contributed by atoms with Gasteiger partial charge in [-0.2, -0.15) is 0 Å². The first-order valence-electron chi connectivity index (χ1n) is 9.76. The van der Waals surface area contributed by atoms with Crippen LogP contribution in [0.15, 0.2) is 41.2 Å². The molecule has 2 aromatic carbocycles. The Morgan fingerprint density at radius 2 is 1.81 bits per heavy atom. The molecule has 162 valence electrons. The number of nitrogens with zero attached hydrogens (tertiary/aromatic N) is 1. The molecule has 3 rings (SSSR count). The number of carboxylic acids is 1. The first-order chi connectivity index (χ1) is 14.7. The predicted molar refractivity (Wildman–Crippen MR) is 124 cm³/mol. The van der Waals surface area contributed by atoms with E-state index in [0.29, 0.717) is 34.0 Å². The molecule has 0 amide bonds. The van der Waals surface area contributed by atoms with Crippen LogP contribution in [0.5, 0.6) is 0 Å². The van der Waals surface area contributed by atoms with E-state index in [9.17, 15) is 14.7 Å². The maximum atomic E-state index is 13.7. The highest BCUT2D eigenvalue weighted by Gasteiger charge is 2.27. The summed E-state index contributed by atoms with van der Waals surface area (Å²) in [6, 6.07) is 10.6. The van der Waals surface area contributed by atoms with Gasteiger partial charge in [0.1, 0.15) is 5.56 Å². The first-order valence-corrected chi connectivity index (χ1v) is 10.5. The molecule has 0 aliphatic heterocycles. The van der Waals surface area contributed by atoms with Crippen LogP contribution in [0.4, 0.5) is 0 Å². The summed E-state index contributed by atoms with van der Waals surface area (Å²) in [5, 5.41) is 10.7. The molecule has 0 spiro atoms. The Balaban J connectivity index is 2.55. The minimum atomic E-state index is -1.30. The highest BCUT2D eigenvalue weighted by molar-refractivity contribution is 6.42. The number of hydrogen-bond donors (Lipinski definition) is 1. The fourth-order valence-electron chi connectivity index (χ4n) is 3.83. The summed E-state index contributed by atoms with van der Waals surface area (Å²) in [7, 11) is 1.54. The molecule has 1 heterocycles. The van der Waals surface area contributed by atoms with E-state index in [4.69, 9.17) is 27.9 Å². The van der Waals surface area contributed by atoms with E-state index >= 15 is 0 Å². The molecule has 0 aliphatic rings. The Labute approximate surface area is 190 Å². The van der Waals surface area contributed by atoms with Crippen molar-refractivity contribution < 1.29 is 14.6 Å². The molecule has 0 saturated carbocycles. The third-order valence-corrected chi connectivity index (χ3v) is 5.98. The first kappa shape index (κ1) is 23.1. The van der Waals surface area contributed by atoms with Crippen molar-refractivity contribution in [2.45, 2.75) is 33.9 Å². The Morgan fingerprint density at radius 3 is 2.39 bits per heavy atom. The SMILES string of the molecule is CCn1c(COC)c(-c2cc(C)ccc2C)c(=O)c(C(=O)O)c1-c1ccc(Cl)c(Cl)c1. The van der Waals surface area contributed by atoms with E-state index in [-0.39, 0.29) is 22.9 Å². The van der Waals surface area contributed by atoms with Gasteiger partial charge >= 0.3 is 5.97 Å². The minimum Gasteiger partial charge on any atom is -0.477 e. The highest BCUT2D eigenvalue weighted by Crippen LogP contribution is 2.34.